The van der Waals surface area contributed by atoms with Gasteiger partial charge in [-0.1, -0.05) is 12.1 Å². The third kappa shape index (κ3) is 1.93. The van der Waals surface area contributed by atoms with E-state index in [1.165, 1.54) is 12.5 Å². The molecule has 1 heterocycles. The first-order chi connectivity index (χ1) is 6.75. The van der Waals surface area contributed by atoms with Crippen molar-refractivity contribution in [3.05, 3.63) is 29.8 Å². The van der Waals surface area contributed by atoms with Crippen LogP contribution in [0.15, 0.2) is 24.3 Å². The molecule has 0 atom stereocenters. The number of hydrogen-bond donors (Lipinski definition) is 2. The topological polar surface area (TPSA) is 41.1 Å². The molecule has 1 amide bonds. The quantitative estimate of drug-likeness (QED) is 0.738. The molecule has 2 rings (SSSR count). The number of carbonyl (C=O) groups excluding carboxylic acids is 1. The Morgan fingerprint density at radius 3 is 2.86 bits per heavy atom. The summed E-state index contributed by atoms with van der Waals surface area (Å²) in [5.41, 5.74) is 2.19. The molecule has 0 radical (unpaired) electrons. The Morgan fingerprint density at radius 2 is 2.29 bits per heavy atom. The average molecular weight is 190 g/mol. The molecular weight excluding hydrogens is 176 g/mol. The highest BCUT2D eigenvalue weighted by Crippen LogP contribution is 2.22. The van der Waals surface area contributed by atoms with E-state index in [1.54, 1.807) is 0 Å². The van der Waals surface area contributed by atoms with E-state index < -0.39 is 0 Å². The van der Waals surface area contributed by atoms with Crippen molar-refractivity contribution in [2.75, 3.05) is 18.4 Å². The molecule has 3 heteroatoms. The van der Waals surface area contributed by atoms with Crippen molar-refractivity contribution in [3.63, 3.8) is 0 Å². The van der Waals surface area contributed by atoms with Crippen LogP contribution in [0.3, 0.4) is 0 Å². The maximum Gasteiger partial charge on any atom is 0.221 e. The van der Waals surface area contributed by atoms with Crippen LogP contribution < -0.4 is 10.6 Å². The van der Waals surface area contributed by atoms with Gasteiger partial charge in [0.2, 0.25) is 5.91 Å². The third-order valence-corrected chi connectivity index (χ3v) is 2.46. The highest BCUT2D eigenvalue weighted by Gasteiger charge is 2.18. The third-order valence-electron chi connectivity index (χ3n) is 2.46. The smallest absolute Gasteiger partial charge is 0.221 e. The zero-order chi connectivity index (χ0) is 9.97. The molecular formula is C11H14N2O. The maximum absolute atomic E-state index is 10.9. The molecule has 0 unspecified atom stereocenters. The van der Waals surface area contributed by atoms with Crippen molar-refractivity contribution in [1.82, 2.24) is 5.32 Å². The van der Waals surface area contributed by atoms with Crippen molar-refractivity contribution in [3.8, 4) is 0 Å². The number of rotatable bonds is 2. The average Bonchev–Trinajstić information content (AvgIpc) is 1.99. The fourth-order valence-electron chi connectivity index (χ4n) is 1.60. The van der Waals surface area contributed by atoms with E-state index >= 15 is 0 Å². The van der Waals surface area contributed by atoms with Crippen LogP contribution in [0.1, 0.15) is 18.4 Å². The second-order valence-corrected chi connectivity index (χ2v) is 3.66. The molecule has 1 aromatic rings. The summed E-state index contributed by atoms with van der Waals surface area (Å²) < 4.78 is 0. The first kappa shape index (κ1) is 9.21. The number of nitrogens with one attached hydrogen (secondary N) is 2. The highest BCUT2D eigenvalue weighted by atomic mass is 16.1. The second-order valence-electron chi connectivity index (χ2n) is 3.66. The number of carbonyl (C=O) groups is 1. The van der Waals surface area contributed by atoms with Gasteiger partial charge in [-0.15, -0.1) is 0 Å². The molecule has 0 spiro atoms. The Labute approximate surface area is 83.5 Å². The van der Waals surface area contributed by atoms with Gasteiger partial charge in [0.05, 0.1) is 0 Å². The molecule has 1 aliphatic rings. The number of hydrogen-bond acceptors (Lipinski definition) is 2. The molecule has 3 nitrogen and oxygen atoms in total. The lowest BCUT2D eigenvalue weighted by molar-refractivity contribution is -0.114. The van der Waals surface area contributed by atoms with Crippen molar-refractivity contribution in [2.24, 2.45) is 0 Å². The summed E-state index contributed by atoms with van der Waals surface area (Å²) in [6.07, 6.45) is 0. The molecule has 14 heavy (non-hydrogen) atoms. The van der Waals surface area contributed by atoms with Gasteiger partial charge in [-0.2, -0.15) is 0 Å². The monoisotopic (exact) mass is 190 g/mol. The minimum Gasteiger partial charge on any atom is -0.326 e. The van der Waals surface area contributed by atoms with E-state index in [2.05, 4.69) is 16.7 Å². The van der Waals surface area contributed by atoms with Crippen molar-refractivity contribution < 1.29 is 4.79 Å². The van der Waals surface area contributed by atoms with Gasteiger partial charge in [0.25, 0.3) is 0 Å². The summed E-state index contributed by atoms with van der Waals surface area (Å²) in [6.45, 7) is 3.62. The maximum atomic E-state index is 10.9. The van der Waals surface area contributed by atoms with Gasteiger partial charge in [0.1, 0.15) is 0 Å². The van der Waals surface area contributed by atoms with Crippen LogP contribution in [0.2, 0.25) is 0 Å². The number of amides is 1. The van der Waals surface area contributed by atoms with Crippen LogP contribution in [0.25, 0.3) is 0 Å². The SMILES string of the molecule is CC(=O)Nc1cccc(C2CNC2)c1. The van der Waals surface area contributed by atoms with E-state index in [9.17, 15) is 4.79 Å². The lowest BCUT2D eigenvalue weighted by Gasteiger charge is -2.27. The molecule has 1 aromatic carbocycles. The summed E-state index contributed by atoms with van der Waals surface area (Å²) >= 11 is 0. The summed E-state index contributed by atoms with van der Waals surface area (Å²) in [7, 11) is 0. The Kier molecular flexibility index (Phi) is 2.50. The molecule has 74 valence electrons. The lowest BCUT2D eigenvalue weighted by atomic mass is 9.93. The zero-order valence-electron chi connectivity index (χ0n) is 8.21. The van der Waals surface area contributed by atoms with Crippen LogP contribution in [0.5, 0.6) is 0 Å². The molecule has 1 aliphatic heterocycles. The summed E-state index contributed by atoms with van der Waals surface area (Å²) in [5.74, 6) is 0.595. The predicted octanol–water partition coefficient (Wildman–Crippen LogP) is 1.33. The van der Waals surface area contributed by atoms with Gasteiger partial charge in [0, 0.05) is 31.6 Å². The van der Waals surface area contributed by atoms with E-state index in [-0.39, 0.29) is 5.91 Å². The molecule has 0 aliphatic carbocycles. The summed E-state index contributed by atoms with van der Waals surface area (Å²) in [6, 6.07) is 8.06. The second kappa shape index (κ2) is 3.80. The van der Waals surface area contributed by atoms with Crippen molar-refractivity contribution >= 4 is 11.6 Å². The Balaban J connectivity index is 2.13. The van der Waals surface area contributed by atoms with Crippen LogP contribution in [-0.4, -0.2) is 19.0 Å². The fraction of sp³-hybridized carbons (Fsp3) is 0.364. The molecule has 2 N–H and O–H groups in total. The van der Waals surface area contributed by atoms with Crippen molar-refractivity contribution in [2.45, 2.75) is 12.8 Å². The number of anilines is 1. The van der Waals surface area contributed by atoms with E-state index in [4.69, 9.17) is 0 Å². The lowest BCUT2D eigenvalue weighted by Crippen LogP contribution is -2.39. The van der Waals surface area contributed by atoms with E-state index in [0.717, 1.165) is 18.8 Å². The summed E-state index contributed by atoms with van der Waals surface area (Å²) in [5, 5.41) is 6.02. The first-order valence-corrected chi connectivity index (χ1v) is 4.84. The zero-order valence-corrected chi connectivity index (χ0v) is 8.21. The van der Waals surface area contributed by atoms with Gasteiger partial charge in [0.15, 0.2) is 0 Å². The molecule has 0 saturated carbocycles. The van der Waals surface area contributed by atoms with Gasteiger partial charge < -0.3 is 10.6 Å². The number of benzene rings is 1. The Morgan fingerprint density at radius 1 is 1.50 bits per heavy atom. The van der Waals surface area contributed by atoms with Gasteiger partial charge >= 0.3 is 0 Å². The van der Waals surface area contributed by atoms with Gasteiger partial charge in [-0.25, -0.2) is 0 Å². The minimum atomic E-state index is -0.0196. The van der Waals surface area contributed by atoms with Gasteiger partial charge in [-0.05, 0) is 17.7 Å². The Hall–Kier alpha value is -1.35. The van der Waals surface area contributed by atoms with Crippen LogP contribution >= 0.6 is 0 Å². The highest BCUT2D eigenvalue weighted by molar-refractivity contribution is 5.88. The molecule has 1 saturated heterocycles. The standard InChI is InChI=1S/C11H14N2O/c1-8(14)13-11-4-2-3-9(5-11)10-6-12-7-10/h2-5,10,12H,6-7H2,1H3,(H,13,14). The molecule has 0 bridgehead atoms. The van der Waals surface area contributed by atoms with E-state index in [0.29, 0.717) is 5.92 Å². The fourth-order valence-corrected chi connectivity index (χ4v) is 1.60. The molecule has 1 fully saturated rings. The predicted molar refractivity (Wildman–Crippen MR) is 56.4 cm³/mol. The Bertz CT molecular complexity index is 345. The van der Waals surface area contributed by atoms with Crippen molar-refractivity contribution in [1.29, 1.82) is 0 Å². The normalized spacial score (nSPS) is 16.1. The van der Waals surface area contributed by atoms with Gasteiger partial charge in [-0.3, -0.25) is 4.79 Å². The largest absolute Gasteiger partial charge is 0.326 e. The first-order valence-electron chi connectivity index (χ1n) is 4.84. The van der Waals surface area contributed by atoms with Crippen LogP contribution in [0, 0.1) is 0 Å². The molecule has 0 aromatic heterocycles. The minimum absolute atomic E-state index is 0.0196. The summed E-state index contributed by atoms with van der Waals surface area (Å²) in [4.78, 5) is 10.9. The van der Waals surface area contributed by atoms with Crippen LogP contribution in [-0.2, 0) is 4.79 Å². The van der Waals surface area contributed by atoms with Crippen LogP contribution in [0.4, 0.5) is 5.69 Å². The van der Waals surface area contributed by atoms with E-state index in [1.807, 2.05) is 18.2 Å².